The molecule has 1 fully saturated rings. The number of nitrogens with zero attached hydrogens (tertiary/aromatic N) is 1. The van der Waals surface area contributed by atoms with Gasteiger partial charge in [-0.3, -0.25) is 5.10 Å². The minimum atomic E-state index is 0.530. The van der Waals surface area contributed by atoms with Crippen LogP contribution < -0.4 is 10.6 Å². The van der Waals surface area contributed by atoms with Gasteiger partial charge in [-0.15, -0.1) is 0 Å². The predicted octanol–water partition coefficient (Wildman–Crippen LogP) is 1.73. The van der Waals surface area contributed by atoms with Crippen molar-refractivity contribution in [2.45, 2.75) is 18.9 Å². The summed E-state index contributed by atoms with van der Waals surface area (Å²) in [6.45, 7) is 2.19. The van der Waals surface area contributed by atoms with Gasteiger partial charge >= 0.3 is 0 Å². The molecule has 3 rings (SSSR count). The van der Waals surface area contributed by atoms with E-state index >= 15 is 0 Å². The second-order valence-electron chi connectivity index (χ2n) is 4.33. The number of nitrogens with one attached hydrogen (secondary N) is 3. The Labute approximate surface area is 94.4 Å². The summed E-state index contributed by atoms with van der Waals surface area (Å²) >= 11 is 0. The molecule has 84 valence electrons. The van der Waals surface area contributed by atoms with E-state index in [9.17, 15) is 0 Å². The Hall–Kier alpha value is -1.55. The predicted molar refractivity (Wildman–Crippen MR) is 65.6 cm³/mol. The first-order valence-corrected chi connectivity index (χ1v) is 5.83. The summed E-state index contributed by atoms with van der Waals surface area (Å²) in [5.41, 5.74) is 2.26. The second kappa shape index (κ2) is 4.14. The molecule has 0 amide bonds. The second-order valence-corrected chi connectivity index (χ2v) is 4.33. The first kappa shape index (κ1) is 9.66. The van der Waals surface area contributed by atoms with Crippen LogP contribution in [0.1, 0.15) is 12.8 Å². The molecular formula is C12H16N4. The van der Waals surface area contributed by atoms with E-state index in [1.54, 1.807) is 0 Å². The minimum absolute atomic E-state index is 0.530. The van der Waals surface area contributed by atoms with E-state index in [0.717, 1.165) is 29.7 Å². The number of fused-ring (bicyclic) bond motifs is 1. The lowest BCUT2D eigenvalue weighted by molar-refractivity contribution is 0.480. The van der Waals surface area contributed by atoms with E-state index in [0.29, 0.717) is 6.04 Å². The van der Waals surface area contributed by atoms with E-state index < -0.39 is 0 Å². The Morgan fingerprint density at radius 1 is 1.38 bits per heavy atom. The van der Waals surface area contributed by atoms with Crippen molar-refractivity contribution in [1.82, 2.24) is 15.5 Å². The van der Waals surface area contributed by atoms with Crippen LogP contribution in [-0.4, -0.2) is 29.3 Å². The molecular weight excluding hydrogens is 200 g/mol. The van der Waals surface area contributed by atoms with Gasteiger partial charge in [-0.05, 0) is 25.5 Å². The van der Waals surface area contributed by atoms with Crippen molar-refractivity contribution in [3.63, 3.8) is 0 Å². The van der Waals surface area contributed by atoms with Gasteiger partial charge in [-0.1, -0.05) is 12.1 Å². The SMILES string of the molecule is c1cc(NC2CCCNC2)c2[nH]ncc2c1. The highest BCUT2D eigenvalue weighted by atomic mass is 15.1. The fourth-order valence-electron chi connectivity index (χ4n) is 2.28. The minimum Gasteiger partial charge on any atom is -0.379 e. The monoisotopic (exact) mass is 216 g/mol. The van der Waals surface area contributed by atoms with Gasteiger partial charge in [0.25, 0.3) is 0 Å². The number of benzene rings is 1. The van der Waals surface area contributed by atoms with E-state index in [2.05, 4.69) is 39.0 Å². The smallest absolute Gasteiger partial charge is 0.0881 e. The Kier molecular flexibility index (Phi) is 2.50. The average molecular weight is 216 g/mol. The molecule has 2 aromatic rings. The van der Waals surface area contributed by atoms with E-state index in [4.69, 9.17) is 0 Å². The molecule has 0 spiro atoms. The van der Waals surface area contributed by atoms with Crippen LogP contribution in [0.2, 0.25) is 0 Å². The Bertz CT molecular complexity index is 471. The van der Waals surface area contributed by atoms with Gasteiger partial charge < -0.3 is 10.6 Å². The first-order chi connectivity index (χ1) is 7.93. The standard InChI is InChI=1S/C12H16N4/c1-3-9-7-14-16-12(9)11(5-1)15-10-4-2-6-13-8-10/h1,3,5,7,10,13,15H,2,4,6,8H2,(H,14,16). The topological polar surface area (TPSA) is 52.7 Å². The number of aromatic amines is 1. The summed E-state index contributed by atoms with van der Waals surface area (Å²) in [4.78, 5) is 0. The lowest BCUT2D eigenvalue weighted by Gasteiger charge is -2.24. The summed E-state index contributed by atoms with van der Waals surface area (Å²) in [6.07, 6.45) is 4.34. The van der Waals surface area contributed by atoms with Crippen LogP contribution in [0.25, 0.3) is 10.9 Å². The Morgan fingerprint density at radius 2 is 2.38 bits per heavy atom. The fraction of sp³-hybridized carbons (Fsp3) is 0.417. The molecule has 16 heavy (non-hydrogen) atoms. The maximum atomic E-state index is 4.07. The van der Waals surface area contributed by atoms with Crippen LogP contribution >= 0.6 is 0 Å². The summed E-state index contributed by atoms with van der Waals surface area (Å²) in [5.74, 6) is 0. The van der Waals surface area contributed by atoms with Crippen molar-refractivity contribution in [2.24, 2.45) is 0 Å². The van der Waals surface area contributed by atoms with Gasteiger partial charge in [-0.2, -0.15) is 5.10 Å². The van der Waals surface area contributed by atoms with Gasteiger partial charge in [0, 0.05) is 18.0 Å². The third-order valence-electron chi connectivity index (χ3n) is 3.13. The molecule has 0 saturated carbocycles. The van der Waals surface area contributed by atoms with Gasteiger partial charge in [0.1, 0.15) is 0 Å². The fourth-order valence-corrected chi connectivity index (χ4v) is 2.28. The molecule has 0 aliphatic carbocycles. The van der Waals surface area contributed by atoms with Crippen molar-refractivity contribution in [1.29, 1.82) is 0 Å². The van der Waals surface area contributed by atoms with Crippen LogP contribution in [0.4, 0.5) is 5.69 Å². The quantitative estimate of drug-likeness (QED) is 0.716. The van der Waals surface area contributed by atoms with E-state index in [1.165, 1.54) is 12.8 Å². The van der Waals surface area contributed by atoms with Crippen molar-refractivity contribution in [3.05, 3.63) is 24.4 Å². The molecule has 1 aromatic heterocycles. The zero-order chi connectivity index (χ0) is 10.8. The maximum absolute atomic E-state index is 4.07. The van der Waals surface area contributed by atoms with E-state index in [-0.39, 0.29) is 0 Å². The molecule has 1 aliphatic heterocycles. The summed E-state index contributed by atoms with van der Waals surface area (Å²) in [5, 5.41) is 15.3. The van der Waals surface area contributed by atoms with Gasteiger partial charge in [0.05, 0.1) is 17.4 Å². The molecule has 1 saturated heterocycles. The zero-order valence-electron chi connectivity index (χ0n) is 9.16. The van der Waals surface area contributed by atoms with Crippen LogP contribution in [0.15, 0.2) is 24.4 Å². The first-order valence-electron chi connectivity index (χ1n) is 5.83. The highest BCUT2D eigenvalue weighted by Crippen LogP contribution is 2.22. The maximum Gasteiger partial charge on any atom is 0.0881 e. The average Bonchev–Trinajstić information content (AvgIpc) is 2.80. The van der Waals surface area contributed by atoms with Crippen molar-refractivity contribution < 1.29 is 0 Å². The molecule has 0 bridgehead atoms. The Morgan fingerprint density at radius 3 is 3.25 bits per heavy atom. The molecule has 1 aliphatic rings. The van der Waals surface area contributed by atoms with Gasteiger partial charge in [-0.25, -0.2) is 0 Å². The summed E-state index contributed by atoms with van der Waals surface area (Å²) in [6, 6.07) is 6.77. The number of aromatic nitrogens is 2. The highest BCUT2D eigenvalue weighted by molar-refractivity contribution is 5.89. The van der Waals surface area contributed by atoms with Gasteiger partial charge in [0.15, 0.2) is 0 Å². The lowest BCUT2D eigenvalue weighted by atomic mass is 10.1. The number of hydrogen-bond acceptors (Lipinski definition) is 3. The number of piperidine rings is 1. The molecule has 1 unspecified atom stereocenters. The van der Waals surface area contributed by atoms with Crippen molar-refractivity contribution >= 4 is 16.6 Å². The summed E-state index contributed by atoms with van der Waals surface area (Å²) in [7, 11) is 0. The molecule has 4 nitrogen and oxygen atoms in total. The van der Waals surface area contributed by atoms with Gasteiger partial charge in [0.2, 0.25) is 0 Å². The number of hydrogen-bond donors (Lipinski definition) is 3. The molecule has 4 heteroatoms. The normalized spacial score (nSPS) is 21.1. The van der Waals surface area contributed by atoms with Crippen LogP contribution in [0.5, 0.6) is 0 Å². The molecule has 2 heterocycles. The highest BCUT2D eigenvalue weighted by Gasteiger charge is 2.13. The molecule has 0 radical (unpaired) electrons. The zero-order valence-corrected chi connectivity index (χ0v) is 9.16. The largest absolute Gasteiger partial charge is 0.379 e. The lowest BCUT2D eigenvalue weighted by Crippen LogP contribution is -2.38. The van der Waals surface area contributed by atoms with Crippen LogP contribution in [0.3, 0.4) is 0 Å². The molecule has 1 aromatic carbocycles. The third kappa shape index (κ3) is 1.76. The number of anilines is 1. The molecule has 1 atom stereocenters. The summed E-state index contributed by atoms with van der Waals surface area (Å²) < 4.78 is 0. The number of para-hydroxylation sites is 1. The van der Waals surface area contributed by atoms with E-state index in [1.807, 2.05) is 6.20 Å². The van der Waals surface area contributed by atoms with Crippen LogP contribution in [0, 0.1) is 0 Å². The number of H-pyrrole nitrogens is 1. The Balaban J connectivity index is 1.85. The number of rotatable bonds is 2. The van der Waals surface area contributed by atoms with Crippen LogP contribution in [-0.2, 0) is 0 Å². The third-order valence-corrected chi connectivity index (χ3v) is 3.13. The van der Waals surface area contributed by atoms with Crippen molar-refractivity contribution in [2.75, 3.05) is 18.4 Å². The van der Waals surface area contributed by atoms with Crippen molar-refractivity contribution in [3.8, 4) is 0 Å². The molecule has 3 N–H and O–H groups in total.